The van der Waals surface area contributed by atoms with E-state index in [4.69, 9.17) is 4.42 Å². The Kier molecular flexibility index (Phi) is 2.70. The van der Waals surface area contributed by atoms with Gasteiger partial charge in [0, 0.05) is 12.6 Å². The highest BCUT2D eigenvalue weighted by molar-refractivity contribution is 5.78. The first-order valence-corrected chi connectivity index (χ1v) is 6.62. The number of aliphatic carboxylic acids is 1. The van der Waals surface area contributed by atoms with Gasteiger partial charge < -0.3 is 9.52 Å². The molecule has 0 spiro atoms. The van der Waals surface area contributed by atoms with Crippen LogP contribution in [0.1, 0.15) is 37.2 Å². The molecule has 0 amide bonds. The van der Waals surface area contributed by atoms with Gasteiger partial charge in [-0.15, -0.1) is 0 Å². The molecule has 1 aromatic heterocycles. The SMILES string of the molecule is Cc1ccc(CN(CC2(C(=O)O)CC2)C2CC2)o1. The summed E-state index contributed by atoms with van der Waals surface area (Å²) in [6.07, 6.45) is 4.02. The molecule has 98 valence electrons. The van der Waals surface area contributed by atoms with Crippen molar-refractivity contribution in [1.29, 1.82) is 0 Å². The van der Waals surface area contributed by atoms with E-state index in [1.54, 1.807) is 0 Å². The molecule has 0 atom stereocenters. The topological polar surface area (TPSA) is 53.7 Å². The average Bonchev–Trinajstić information content (AvgIpc) is 3.20. The summed E-state index contributed by atoms with van der Waals surface area (Å²) in [5.74, 6) is 1.23. The van der Waals surface area contributed by atoms with Crippen molar-refractivity contribution in [2.75, 3.05) is 6.54 Å². The highest BCUT2D eigenvalue weighted by Crippen LogP contribution is 2.48. The van der Waals surface area contributed by atoms with Crippen LogP contribution in [0.25, 0.3) is 0 Å². The van der Waals surface area contributed by atoms with E-state index in [1.807, 2.05) is 19.1 Å². The predicted octanol–water partition coefficient (Wildman–Crippen LogP) is 2.42. The maximum absolute atomic E-state index is 11.3. The fourth-order valence-corrected chi connectivity index (χ4v) is 2.50. The van der Waals surface area contributed by atoms with Crippen molar-refractivity contribution in [3.8, 4) is 0 Å². The minimum absolute atomic E-state index is 0.468. The molecule has 0 aromatic carbocycles. The molecule has 2 fully saturated rings. The molecule has 0 unspecified atom stereocenters. The number of carboxylic acid groups (broad SMARTS) is 1. The van der Waals surface area contributed by atoms with E-state index in [0.717, 1.165) is 30.9 Å². The second-order valence-corrected chi connectivity index (χ2v) is 5.73. The summed E-state index contributed by atoms with van der Waals surface area (Å²) in [6.45, 7) is 3.35. The molecular formula is C14H19NO3. The highest BCUT2D eigenvalue weighted by Gasteiger charge is 2.52. The Balaban J connectivity index is 1.67. The van der Waals surface area contributed by atoms with Gasteiger partial charge in [0.2, 0.25) is 0 Å². The van der Waals surface area contributed by atoms with Crippen molar-refractivity contribution in [3.05, 3.63) is 23.7 Å². The maximum Gasteiger partial charge on any atom is 0.310 e. The Morgan fingerprint density at radius 2 is 2.22 bits per heavy atom. The first-order chi connectivity index (χ1) is 8.59. The van der Waals surface area contributed by atoms with E-state index in [2.05, 4.69) is 4.90 Å². The summed E-state index contributed by atoms with van der Waals surface area (Å²) >= 11 is 0. The fraction of sp³-hybridized carbons (Fsp3) is 0.643. The molecule has 4 heteroatoms. The van der Waals surface area contributed by atoms with Crippen molar-refractivity contribution in [3.63, 3.8) is 0 Å². The Bertz CT molecular complexity index is 457. The number of furan rings is 1. The number of carbonyl (C=O) groups is 1. The van der Waals surface area contributed by atoms with Crippen molar-refractivity contribution in [1.82, 2.24) is 4.90 Å². The molecule has 3 rings (SSSR count). The van der Waals surface area contributed by atoms with Crippen LogP contribution in [0.5, 0.6) is 0 Å². The van der Waals surface area contributed by atoms with Crippen molar-refractivity contribution in [2.24, 2.45) is 5.41 Å². The number of nitrogens with zero attached hydrogens (tertiary/aromatic N) is 1. The molecule has 2 saturated carbocycles. The van der Waals surface area contributed by atoms with E-state index in [9.17, 15) is 9.90 Å². The number of carboxylic acids is 1. The van der Waals surface area contributed by atoms with Gasteiger partial charge in [-0.3, -0.25) is 9.69 Å². The lowest BCUT2D eigenvalue weighted by molar-refractivity contribution is -0.144. The van der Waals surface area contributed by atoms with Crippen molar-refractivity contribution >= 4 is 5.97 Å². The standard InChI is InChI=1S/C14H19NO3/c1-10-2-5-12(18-10)8-15(11-3-4-11)9-14(6-7-14)13(16)17/h2,5,11H,3-4,6-9H2,1H3,(H,16,17). The van der Waals surface area contributed by atoms with Crippen LogP contribution in [-0.2, 0) is 11.3 Å². The molecule has 2 aliphatic rings. The van der Waals surface area contributed by atoms with Crippen LogP contribution in [0.15, 0.2) is 16.5 Å². The summed E-state index contributed by atoms with van der Waals surface area (Å²) in [7, 11) is 0. The number of hydrogen-bond donors (Lipinski definition) is 1. The van der Waals surface area contributed by atoms with E-state index in [0.29, 0.717) is 12.6 Å². The summed E-state index contributed by atoms with van der Waals surface area (Å²) < 4.78 is 5.60. The number of aryl methyl sites for hydroxylation is 1. The third kappa shape index (κ3) is 2.29. The van der Waals surface area contributed by atoms with Gasteiger partial charge in [0.05, 0.1) is 12.0 Å². The van der Waals surface area contributed by atoms with Gasteiger partial charge in [-0.2, -0.15) is 0 Å². The Labute approximate surface area is 107 Å². The molecular weight excluding hydrogens is 230 g/mol. The zero-order valence-electron chi connectivity index (χ0n) is 10.7. The van der Waals surface area contributed by atoms with Gasteiger partial charge in [0.1, 0.15) is 11.5 Å². The zero-order chi connectivity index (χ0) is 12.8. The molecule has 4 nitrogen and oxygen atoms in total. The Morgan fingerprint density at radius 3 is 2.67 bits per heavy atom. The van der Waals surface area contributed by atoms with Crippen LogP contribution in [0.3, 0.4) is 0 Å². The molecule has 0 bridgehead atoms. The van der Waals surface area contributed by atoms with Gasteiger partial charge in [0.25, 0.3) is 0 Å². The van der Waals surface area contributed by atoms with Gasteiger partial charge in [-0.1, -0.05) is 0 Å². The van der Waals surface area contributed by atoms with Gasteiger partial charge in [-0.25, -0.2) is 0 Å². The number of rotatable bonds is 6. The summed E-state index contributed by atoms with van der Waals surface area (Å²) in [4.78, 5) is 13.6. The van der Waals surface area contributed by atoms with E-state index in [-0.39, 0.29) is 0 Å². The maximum atomic E-state index is 11.3. The molecule has 1 N–H and O–H groups in total. The van der Waals surface area contributed by atoms with Gasteiger partial charge in [0.15, 0.2) is 0 Å². The van der Waals surface area contributed by atoms with Crippen LogP contribution >= 0.6 is 0 Å². The molecule has 1 heterocycles. The van der Waals surface area contributed by atoms with Gasteiger partial charge >= 0.3 is 5.97 Å². The predicted molar refractivity (Wildman–Crippen MR) is 66.2 cm³/mol. The lowest BCUT2D eigenvalue weighted by Crippen LogP contribution is -2.35. The van der Waals surface area contributed by atoms with Crippen LogP contribution < -0.4 is 0 Å². The van der Waals surface area contributed by atoms with Crippen molar-refractivity contribution < 1.29 is 14.3 Å². The zero-order valence-corrected chi connectivity index (χ0v) is 10.7. The summed E-state index contributed by atoms with van der Waals surface area (Å²) in [5.41, 5.74) is -0.468. The van der Waals surface area contributed by atoms with E-state index < -0.39 is 11.4 Å². The highest BCUT2D eigenvalue weighted by atomic mass is 16.4. The van der Waals surface area contributed by atoms with Crippen molar-refractivity contribution in [2.45, 2.75) is 45.2 Å². The number of hydrogen-bond acceptors (Lipinski definition) is 3. The summed E-state index contributed by atoms with van der Waals surface area (Å²) in [5, 5.41) is 9.27. The van der Waals surface area contributed by atoms with E-state index in [1.165, 1.54) is 12.8 Å². The molecule has 0 radical (unpaired) electrons. The molecule has 18 heavy (non-hydrogen) atoms. The lowest BCUT2D eigenvalue weighted by atomic mass is 10.1. The third-order valence-electron chi connectivity index (χ3n) is 4.03. The van der Waals surface area contributed by atoms with Crippen LogP contribution in [0.2, 0.25) is 0 Å². The first-order valence-electron chi connectivity index (χ1n) is 6.62. The quantitative estimate of drug-likeness (QED) is 0.841. The third-order valence-corrected chi connectivity index (χ3v) is 4.03. The normalized spacial score (nSPS) is 21.2. The summed E-state index contributed by atoms with van der Waals surface area (Å²) in [6, 6.07) is 4.52. The first kappa shape index (κ1) is 11.8. The van der Waals surface area contributed by atoms with Crippen LogP contribution in [0, 0.1) is 12.3 Å². The lowest BCUT2D eigenvalue weighted by Gasteiger charge is -2.24. The smallest absolute Gasteiger partial charge is 0.310 e. The van der Waals surface area contributed by atoms with E-state index >= 15 is 0 Å². The fourth-order valence-electron chi connectivity index (χ4n) is 2.50. The van der Waals surface area contributed by atoms with Gasteiger partial charge in [-0.05, 0) is 44.7 Å². The Hall–Kier alpha value is -1.29. The minimum Gasteiger partial charge on any atom is -0.481 e. The average molecular weight is 249 g/mol. The molecule has 1 aromatic rings. The molecule has 0 aliphatic heterocycles. The molecule has 0 saturated heterocycles. The monoisotopic (exact) mass is 249 g/mol. The minimum atomic E-state index is -0.635. The molecule has 2 aliphatic carbocycles. The second-order valence-electron chi connectivity index (χ2n) is 5.73. The second kappa shape index (κ2) is 4.12. The van der Waals surface area contributed by atoms with Crippen LogP contribution in [-0.4, -0.2) is 28.6 Å². The largest absolute Gasteiger partial charge is 0.481 e. The Morgan fingerprint density at radius 1 is 1.50 bits per heavy atom. The van der Waals surface area contributed by atoms with Crippen LogP contribution in [0.4, 0.5) is 0 Å².